The van der Waals surface area contributed by atoms with Gasteiger partial charge in [0.15, 0.2) is 11.6 Å². The highest BCUT2D eigenvalue weighted by Crippen LogP contribution is 2.25. The number of anilines is 1. The Balaban J connectivity index is 1.48. The Morgan fingerprint density at radius 1 is 0.909 bits per heavy atom. The number of aromatic nitrogens is 1. The Morgan fingerprint density at radius 2 is 1.64 bits per heavy atom. The molecule has 0 aliphatic carbocycles. The number of carbonyl (C=O) groups excluding carboxylic acids is 1. The van der Waals surface area contributed by atoms with E-state index in [4.69, 9.17) is 10.5 Å². The molecule has 4 aromatic rings. The highest BCUT2D eigenvalue weighted by Gasteiger charge is 2.12. The lowest BCUT2D eigenvalue weighted by Gasteiger charge is -2.25. The minimum atomic E-state index is -0.584. The zero-order chi connectivity index (χ0) is 23.0. The number of primary amides is 1. The van der Waals surface area contributed by atoms with E-state index in [1.807, 2.05) is 42.5 Å². The summed E-state index contributed by atoms with van der Waals surface area (Å²) in [5.41, 5.74) is 8.63. The largest absolute Gasteiger partial charge is 0.436 e. The molecule has 0 atom stereocenters. The predicted molar refractivity (Wildman–Crippen MR) is 127 cm³/mol. The molecule has 0 aliphatic rings. The van der Waals surface area contributed by atoms with Gasteiger partial charge in [-0.25, -0.2) is 9.37 Å². The molecule has 0 unspecified atom stereocenters. The van der Waals surface area contributed by atoms with Gasteiger partial charge in [-0.3, -0.25) is 4.79 Å². The van der Waals surface area contributed by atoms with E-state index in [1.54, 1.807) is 6.07 Å². The van der Waals surface area contributed by atoms with Gasteiger partial charge in [-0.05, 0) is 47.9 Å². The van der Waals surface area contributed by atoms with Gasteiger partial charge in [0.05, 0.1) is 5.56 Å². The van der Waals surface area contributed by atoms with Gasteiger partial charge in [-0.2, -0.15) is 0 Å². The number of benzene rings is 3. The van der Waals surface area contributed by atoms with Crippen molar-refractivity contribution in [2.75, 3.05) is 11.4 Å². The molecule has 0 aliphatic heterocycles. The Hall–Kier alpha value is -4.19. The van der Waals surface area contributed by atoms with Crippen molar-refractivity contribution < 1.29 is 13.9 Å². The smallest absolute Gasteiger partial charge is 0.250 e. The molecule has 0 fully saturated rings. The molecule has 0 bridgehead atoms. The maximum absolute atomic E-state index is 14.8. The van der Waals surface area contributed by atoms with Gasteiger partial charge >= 0.3 is 0 Å². The van der Waals surface area contributed by atoms with Crippen LogP contribution in [-0.2, 0) is 13.0 Å². The first-order valence-corrected chi connectivity index (χ1v) is 10.6. The third-order valence-corrected chi connectivity index (χ3v) is 5.24. The summed E-state index contributed by atoms with van der Waals surface area (Å²) in [4.78, 5) is 17.4. The van der Waals surface area contributed by atoms with Gasteiger partial charge in [0.1, 0.15) is 0 Å². The fourth-order valence-corrected chi connectivity index (χ4v) is 3.49. The second-order valence-electron chi connectivity index (χ2n) is 7.61. The average Bonchev–Trinajstić information content (AvgIpc) is 2.85. The van der Waals surface area contributed by atoms with Gasteiger partial charge in [-0.1, -0.05) is 54.6 Å². The Labute approximate surface area is 192 Å². The molecule has 0 saturated heterocycles. The van der Waals surface area contributed by atoms with Crippen LogP contribution in [0.15, 0.2) is 97.2 Å². The summed E-state index contributed by atoms with van der Waals surface area (Å²) in [6, 6.07) is 28.3. The summed E-state index contributed by atoms with van der Waals surface area (Å²) in [6.07, 6.45) is 2.18. The van der Waals surface area contributed by atoms with Crippen LogP contribution in [0.5, 0.6) is 11.6 Å². The third kappa shape index (κ3) is 5.95. The molecule has 33 heavy (non-hydrogen) atoms. The fourth-order valence-electron chi connectivity index (χ4n) is 3.49. The van der Waals surface area contributed by atoms with Gasteiger partial charge in [0.2, 0.25) is 11.8 Å². The number of ether oxygens (including phenoxy) is 1. The SMILES string of the molecule is NC(=O)c1ccc(Oc2ccc(CN(CCc3ccccc3)c3ccccc3)cc2F)nc1. The summed E-state index contributed by atoms with van der Waals surface area (Å²) in [7, 11) is 0. The number of para-hydroxylation sites is 1. The third-order valence-electron chi connectivity index (χ3n) is 5.24. The molecule has 6 heteroatoms. The van der Waals surface area contributed by atoms with E-state index in [0.717, 1.165) is 24.2 Å². The van der Waals surface area contributed by atoms with E-state index in [0.29, 0.717) is 6.54 Å². The van der Waals surface area contributed by atoms with Crippen LogP contribution in [0.3, 0.4) is 0 Å². The van der Waals surface area contributed by atoms with Crippen molar-refractivity contribution in [3.05, 3.63) is 120 Å². The summed E-state index contributed by atoms with van der Waals surface area (Å²) >= 11 is 0. The first-order chi connectivity index (χ1) is 16.1. The van der Waals surface area contributed by atoms with Crippen LogP contribution in [0.1, 0.15) is 21.5 Å². The number of nitrogens with zero attached hydrogens (tertiary/aromatic N) is 2. The monoisotopic (exact) mass is 441 g/mol. The number of pyridine rings is 1. The van der Waals surface area contributed by atoms with Gasteiger partial charge in [-0.15, -0.1) is 0 Å². The molecular weight excluding hydrogens is 417 g/mol. The average molecular weight is 442 g/mol. The molecule has 1 heterocycles. The molecule has 166 valence electrons. The quantitative estimate of drug-likeness (QED) is 0.380. The van der Waals surface area contributed by atoms with E-state index in [1.165, 1.54) is 30.0 Å². The van der Waals surface area contributed by atoms with Gasteiger partial charge in [0, 0.05) is 31.0 Å². The van der Waals surface area contributed by atoms with Crippen molar-refractivity contribution in [2.24, 2.45) is 5.73 Å². The van der Waals surface area contributed by atoms with Crippen LogP contribution in [0.4, 0.5) is 10.1 Å². The lowest BCUT2D eigenvalue weighted by Crippen LogP contribution is -2.25. The molecule has 0 saturated carbocycles. The lowest BCUT2D eigenvalue weighted by atomic mass is 10.1. The van der Waals surface area contributed by atoms with Crippen LogP contribution < -0.4 is 15.4 Å². The molecule has 0 radical (unpaired) electrons. The summed E-state index contributed by atoms with van der Waals surface area (Å²) < 4.78 is 20.3. The molecule has 0 spiro atoms. The van der Waals surface area contributed by atoms with Crippen LogP contribution >= 0.6 is 0 Å². The van der Waals surface area contributed by atoms with Gasteiger partial charge < -0.3 is 15.4 Å². The van der Waals surface area contributed by atoms with E-state index < -0.39 is 11.7 Å². The van der Waals surface area contributed by atoms with Crippen LogP contribution in [0, 0.1) is 5.82 Å². The summed E-state index contributed by atoms with van der Waals surface area (Å²) in [5.74, 6) is -0.821. The minimum Gasteiger partial charge on any atom is -0.436 e. The standard InChI is InChI=1S/C27H24FN3O2/c28-24-17-21(11-13-25(24)33-26-14-12-22(18-30-26)27(29)32)19-31(23-9-5-2-6-10-23)16-15-20-7-3-1-4-8-20/h1-14,17-18H,15-16,19H2,(H2,29,32). The van der Waals surface area contributed by atoms with Crippen LogP contribution in [-0.4, -0.2) is 17.4 Å². The molecular formula is C27H24FN3O2. The van der Waals surface area contributed by atoms with E-state index in [9.17, 15) is 9.18 Å². The van der Waals surface area contributed by atoms with E-state index in [2.05, 4.69) is 34.1 Å². The zero-order valence-electron chi connectivity index (χ0n) is 18.0. The zero-order valence-corrected chi connectivity index (χ0v) is 18.0. The highest BCUT2D eigenvalue weighted by atomic mass is 19.1. The first kappa shape index (κ1) is 22.0. The highest BCUT2D eigenvalue weighted by molar-refractivity contribution is 5.92. The number of hydrogen-bond donors (Lipinski definition) is 1. The van der Waals surface area contributed by atoms with E-state index >= 15 is 0 Å². The van der Waals surface area contributed by atoms with Crippen molar-refractivity contribution in [2.45, 2.75) is 13.0 Å². The van der Waals surface area contributed by atoms with Crippen molar-refractivity contribution in [1.82, 2.24) is 4.98 Å². The topological polar surface area (TPSA) is 68.5 Å². The maximum atomic E-state index is 14.8. The lowest BCUT2D eigenvalue weighted by molar-refractivity contribution is 0.1000. The second-order valence-corrected chi connectivity index (χ2v) is 7.61. The summed E-state index contributed by atoms with van der Waals surface area (Å²) in [6.45, 7) is 1.35. The Bertz CT molecular complexity index is 1200. The Morgan fingerprint density at radius 3 is 2.27 bits per heavy atom. The van der Waals surface area contributed by atoms with Crippen LogP contribution in [0.2, 0.25) is 0 Å². The molecule has 1 aromatic heterocycles. The molecule has 4 rings (SSSR count). The Kier molecular flexibility index (Phi) is 6.95. The van der Waals surface area contributed by atoms with Crippen molar-refractivity contribution in [3.63, 3.8) is 0 Å². The number of hydrogen-bond acceptors (Lipinski definition) is 4. The predicted octanol–water partition coefficient (Wildman–Crippen LogP) is 5.36. The molecule has 2 N–H and O–H groups in total. The van der Waals surface area contributed by atoms with Crippen molar-refractivity contribution >= 4 is 11.6 Å². The molecule has 3 aromatic carbocycles. The number of nitrogens with two attached hydrogens (primary N) is 1. The second kappa shape index (κ2) is 10.4. The minimum absolute atomic E-state index is 0.0635. The number of carbonyl (C=O) groups is 1. The summed E-state index contributed by atoms with van der Waals surface area (Å²) in [5, 5.41) is 0. The number of amides is 1. The number of rotatable bonds is 9. The fraction of sp³-hybridized carbons (Fsp3) is 0.111. The number of halogens is 1. The van der Waals surface area contributed by atoms with Crippen molar-refractivity contribution in [1.29, 1.82) is 0 Å². The normalized spacial score (nSPS) is 10.6. The van der Waals surface area contributed by atoms with Crippen LogP contribution in [0.25, 0.3) is 0 Å². The maximum Gasteiger partial charge on any atom is 0.250 e. The van der Waals surface area contributed by atoms with E-state index in [-0.39, 0.29) is 17.2 Å². The molecule has 5 nitrogen and oxygen atoms in total. The van der Waals surface area contributed by atoms with Crippen molar-refractivity contribution in [3.8, 4) is 11.6 Å². The van der Waals surface area contributed by atoms with Gasteiger partial charge in [0.25, 0.3) is 0 Å². The first-order valence-electron chi connectivity index (χ1n) is 10.6. The molecule has 1 amide bonds.